The van der Waals surface area contributed by atoms with Gasteiger partial charge in [0.05, 0.1) is 16.4 Å². The fourth-order valence-electron chi connectivity index (χ4n) is 1.73. The SMILES string of the molecule is O=[N+]([O-])c1ccc(Oc2ccc(CC(F)(F)F)cc2Cl)cc1. The van der Waals surface area contributed by atoms with Crippen molar-refractivity contribution in [3.63, 3.8) is 0 Å². The second-order valence-corrected chi connectivity index (χ2v) is 4.82. The Bertz CT molecular complexity index is 687. The maximum atomic E-state index is 12.3. The van der Waals surface area contributed by atoms with Crippen LogP contribution >= 0.6 is 11.6 Å². The lowest BCUT2D eigenvalue weighted by Crippen LogP contribution is -2.11. The Morgan fingerprint density at radius 2 is 1.77 bits per heavy atom. The second-order valence-electron chi connectivity index (χ2n) is 4.41. The lowest BCUT2D eigenvalue weighted by Gasteiger charge is -2.10. The Kier molecular flexibility index (Phi) is 4.56. The molecule has 0 radical (unpaired) electrons. The molecule has 0 atom stereocenters. The molecule has 2 rings (SSSR count). The van der Waals surface area contributed by atoms with E-state index in [1.165, 1.54) is 42.5 Å². The van der Waals surface area contributed by atoms with Crippen LogP contribution in [-0.4, -0.2) is 11.1 Å². The molecule has 0 amide bonds. The van der Waals surface area contributed by atoms with Crippen molar-refractivity contribution in [1.29, 1.82) is 0 Å². The predicted octanol–water partition coefficient (Wildman–Crippen LogP) is 5.15. The van der Waals surface area contributed by atoms with Crippen LogP contribution in [0.1, 0.15) is 5.56 Å². The van der Waals surface area contributed by atoms with Gasteiger partial charge in [0.1, 0.15) is 11.5 Å². The highest BCUT2D eigenvalue weighted by Gasteiger charge is 2.27. The van der Waals surface area contributed by atoms with E-state index in [0.29, 0.717) is 0 Å². The Labute approximate surface area is 128 Å². The van der Waals surface area contributed by atoms with Gasteiger partial charge >= 0.3 is 6.18 Å². The average Bonchev–Trinajstić information content (AvgIpc) is 2.40. The number of non-ortho nitro benzene ring substituents is 1. The summed E-state index contributed by atoms with van der Waals surface area (Å²) in [5.41, 5.74) is -0.0764. The van der Waals surface area contributed by atoms with Crippen LogP contribution in [-0.2, 0) is 6.42 Å². The summed E-state index contributed by atoms with van der Waals surface area (Å²) in [7, 11) is 0. The number of nitro groups is 1. The molecule has 0 spiro atoms. The maximum Gasteiger partial charge on any atom is 0.393 e. The second kappa shape index (κ2) is 6.23. The molecule has 0 saturated heterocycles. The third-order valence-electron chi connectivity index (χ3n) is 2.68. The predicted molar refractivity (Wildman–Crippen MR) is 74.4 cm³/mol. The summed E-state index contributed by atoms with van der Waals surface area (Å²) in [4.78, 5) is 9.98. The van der Waals surface area contributed by atoms with Crippen molar-refractivity contribution in [1.82, 2.24) is 0 Å². The molecule has 8 heteroatoms. The smallest absolute Gasteiger partial charge is 0.393 e. The molecule has 0 heterocycles. The fraction of sp³-hybridized carbons (Fsp3) is 0.143. The summed E-state index contributed by atoms with van der Waals surface area (Å²) in [6.07, 6.45) is -5.39. The van der Waals surface area contributed by atoms with E-state index in [1.807, 2.05) is 0 Å². The minimum absolute atomic E-state index is 0.0218. The van der Waals surface area contributed by atoms with E-state index >= 15 is 0 Å². The fourth-order valence-corrected chi connectivity index (χ4v) is 1.97. The summed E-state index contributed by atoms with van der Waals surface area (Å²) in [5.74, 6) is 0.456. The zero-order chi connectivity index (χ0) is 16.3. The number of nitro benzene ring substituents is 1. The van der Waals surface area contributed by atoms with Crippen LogP contribution < -0.4 is 4.74 Å². The molecule has 2 aromatic rings. The van der Waals surface area contributed by atoms with Crippen molar-refractivity contribution in [3.8, 4) is 11.5 Å². The van der Waals surface area contributed by atoms with E-state index in [4.69, 9.17) is 16.3 Å². The minimum Gasteiger partial charge on any atom is -0.456 e. The molecule has 2 aromatic carbocycles. The van der Waals surface area contributed by atoms with Crippen LogP contribution in [0.25, 0.3) is 0 Å². The van der Waals surface area contributed by atoms with Gasteiger partial charge in [-0.15, -0.1) is 0 Å². The lowest BCUT2D eigenvalue weighted by atomic mass is 10.1. The average molecular weight is 332 g/mol. The molecule has 0 fully saturated rings. The summed E-state index contributed by atoms with van der Waals surface area (Å²) >= 11 is 5.89. The van der Waals surface area contributed by atoms with Crippen molar-refractivity contribution in [3.05, 3.63) is 63.2 Å². The molecule has 116 valence electrons. The van der Waals surface area contributed by atoms with Crippen molar-refractivity contribution in [2.45, 2.75) is 12.6 Å². The van der Waals surface area contributed by atoms with E-state index in [0.717, 1.165) is 0 Å². The van der Waals surface area contributed by atoms with E-state index in [1.54, 1.807) is 0 Å². The first-order valence-electron chi connectivity index (χ1n) is 6.02. The number of alkyl halides is 3. The van der Waals surface area contributed by atoms with Gasteiger partial charge < -0.3 is 4.74 Å². The first-order chi connectivity index (χ1) is 10.2. The van der Waals surface area contributed by atoms with E-state index in [-0.39, 0.29) is 27.8 Å². The van der Waals surface area contributed by atoms with Gasteiger partial charge in [-0.2, -0.15) is 13.2 Å². The zero-order valence-electron chi connectivity index (χ0n) is 10.9. The van der Waals surface area contributed by atoms with Crippen LogP contribution in [0.5, 0.6) is 11.5 Å². The number of rotatable bonds is 4. The Morgan fingerprint density at radius 1 is 1.14 bits per heavy atom. The molecule has 0 aliphatic rings. The van der Waals surface area contributed by atoms with Crippen LogP contribution in [0.2, 0.25) is 5.02 Å². The van der Waals surface area contributed by atoms with Crippen LogP contribution in [0, 0.1) is 10.1 Å². The third kappa shape index (κ3) is 4.36. The first-order valence-corrected chi connectivity index (χ1v) is 6.40. The van der Waals surface area contributed by atoms with E-state index < -0.39 is 17.5 Å². The Hall–Kier alpha value is -2.28. The summed E-state index contributed by atoms with van der Waals surface area (Å²) in [6, 6.07) is 9.01. The highest BCUT2D eigenvalue weighted by molar-refractivity contribution is 6.32. The molecule has 0 saturated carbocycles. The topological polar surface area (TPSA) is 52.4 Å². The molecular weight excluding hydrogens is 323 g/mol. The molecule has 22 heavy (non-hydrogen) atoms. The standard InChI is InChI=1S/C14H9ClF3NO3/c15-12-7-9(8-14(16,17)18)1-6-13(12)22-11-4-2-10(3-5-11)19(20)21/h1-7H,8H2. The van der Waals surface area contributed by atoms with Gasteiger partial charge in [0.2, 0.25) is 0 Å². The van der Waals surface area contributed by atoms with Gasteiger partial charge in [0.15, 0.2) is 0 Å². The van der Waals surface area contributed by atoms with Gasteiger partial charge in [0, 0.05) is 12.1 Å². The van der Waals surface area contributed by atoms with Gasteiger partial charge in [-0.25, -0.2) is 0 Å². The van der Waals surface area contributed by atoms with Crippen LogP contribution in [0.15, 0.2) is 42.5 Å². The van der Waals surface area contributed by atoms with E-state index in [9.17, 15) is 23.3 Å². The number of nitrogens with zero attached hydrogens (tertiary/aromatic N) is 1. The third-order valence-corrected chi connectivity index (χ3v) is 2.97. The highest BCUT2D eigenvalue weighted by atomic mass is 35.5. The first kappa shape index (κ1) is 16.1. The zero-order valence-corrected chi connectivity index (χ0v) is 11.7. The summed E-state index contributed by atoms with van der Waals surface area (Å²) in [5, 5.41) is 10.6. The van der Waals surface area contributed by atoms with Crippen molar-refractivity contribution in [2.75, 3.05) is 0 Å². The van der Waals surface area contributed by atoms with Gasteiger partial charge in [-0.05, 0) is 29.8 Å². The highest BCUT2D eigenvalue weighted by Crippen LogP contribution is 2.32. The molecule has 4 nitrogen and oxygen atoms in total. The summed E-state index contributed by atoms with van der Waals surface area (Å²) in [6.45, 7) is 0. The molecule has 0 aliphatic heterocycles. The van der Waals surface area contributed by atoms with Crippen LogP contribution in [0.4, 0.5) is 18.9 Å². The molecule has 0 N–H and O–H groups in total. The minimum atomic E-state index is -4.32. The monoisotopic (exact) mass is 331 g/mol. The number of halogens is 4. The normalized spacial score (nSPS) is 11.3. The molecule has 0 bridgehead atoms. The van der Waals surface area contributed by atoms with Crippen molar-refractivity contribution >= 4 is 17.3 Å². The molecular formula is C14H9ClF3NO3. The van der Waals surface area contributed by atoms with Crippen LogP contribution in [0.3, 0.4) is 0 Å². The van der Waals surface area contributed by atoms with E-state index in [2.05, 4.69) is 0 Å². The van der Waals surface area contributed by atoms with Gasteiger partial charge in [0.25, 0.3) is 5.69 Å². The largest absolute Gasteiger partial charge is 0.456 e. The lowest BCUT2D eigenvalue weighted by molar-refractivity contribution is -0.384. The number of benzene rings is 2. The Morgan fingerprint density at radius 3 is 2.27 bits per heavy atom. The molecule has 0 aromatic heterocycles. The summed E-state index contributed by atoms with van der Waals surface area (Å²) < 4.78 is 42.3. The van der Waals surface area contributed by atoms with Crippen molar-refractivity contribution in [2.24, 2.45) is 0 Å². The van der Waals surface area contributed by atoms with Crippen molar-refractivity contribution < 1.29 is 22.8 Å². The van der Waals surface area contributed by atoms with Gasteiger partial charge in [-0.1, -0.05) is 17.7 Å². The number of ether oxygens (including phenoxy) is 1. The Balaban J connectivity index is 2.14. The number of hydrogen-bond donors (Lipinski definition) is 0. The number of hydrogen-bond acceptors (Lipinski definition) is 3. The molecule has 0 unspecified atom stereocenters. The molecule has 0 aliphatic carbocycles. The van der Waals surface area contributed by atoms with Gasteiger partial charge in [-0.3, -0.25) is 10.1 Å². The maximum absolute atomic E-state index is 12.3. The quantitative estimate of drug-likeness (QED) is 0.575.